The van der Waals surface area contributed by atoms with Crippen molar-refractivity contribution in [3.8, 4) is 5.69 Å². The number of likely N-dealkylation sites (N-methyl/N-ethyl adjacent to an activating group) is 1. The van der Waals surface area contributed by atoms with E-state index in [9.17, 15) is 4.79 Å². The highest BCUT2D eigenvalue weighted by Crippen LogP contribution is 2.13. The van der Waals surface area contributed by atoms with Crippen LogP contribution in [0.3, 0.4) is 0 Å². The van der Waals surface area contributed by atoms with Crippen LogP contribution in [0.4, 0.5) is 0 Å². The minimum atomic E-state index is 0.215. The molecule has 1 aliphatic heterocycles. The van der Waals surface area contributed by atoms with Crippen LogP contribution in [0.2, 0.25) is 0 Å². The second-order valence-electron chi connectivity index (χ2n) is 5.76. The molecule has 22 heavy (non-hydrogen) atoms. The molecule has 1 fully saturated rings. The van der Waals surface area contributed by atoms with Crippen LogP contribution in [0, 0.1) is 0 Å². The molecule has 0 spiro atoms. The van der Waals surface area contributed by atoms with Gasteiger partial charge in [0.2, 0.25) is 5.91 Å². The molecule has 0 bridgehead atoms. The minimum absolute atomic E-state index is 0.215. The number of carbonyl (C=O) groups excluding carboxylic acids is 1. The molecular weight excluding hydrogens is 276 g/mol. The molecule has 1 unspecified atom stereocenters. The molecule has 2 heterocycles. The number of piperidine rings is 1. The van der Waals surface area contributed by atoms with E-state index in [0.717, 1.165) is 37.2 Å². The van der Waals surface area contributed by atoms with Crippen molar-refractivity contribution in [1.29, 1.82) is 0 Å². The second-order valence-corrected chi connectivity index (χ2v) is 5.76. The standard InChI is InChI=1S/C17H22N4O/c1-18-15-4-2-10-20(13-15)17(22)12-14-5-7-16(8-6-14)21-11-3-9-19-21/h3,5-9,11,15,18H,2,4,10,12-13H2,1H3. The summed E-state index contributed by atoms with van der Waals surface area (Å²) in [6.45, 7) is 1.70. The van der Waals surface area contributed by atoms with Gasteiger partial charge in [-0.1, -0.05) is 12.1 Å². The number of amides is 1. The molecule has 0 aliphatic carbocycles. The van der Waals surface area contributed by atoms with Crippen LogP contribution >= 0.6 is 0 Å². The third-order valence-electron chi connectivity index (χ3n) is 4.24. The Labute approximate surface area is 130 Å². The lowest BCUT2D eigenvalue weighted by atomic mass is 10.0. The highest BCUT2D eigenvalue weighted by atomic mass is 16.2. The number of hydrogen-bond acceptors (Lipinski definition) is 3. The Balaban J connectivity index is 1.62. The Morgan fingerprint density at radius 3 is 2.86 bits per heavy atom. The molecule has 5 nitrogen and oxygen atoms in total. The monoisotopic (exact) mass is 298 g/mol. The van der Waals surface area contributed by atoms with Crippen LogP contribution in [-0.2, 0) is 11.2 Å². The molecule has 1 aliphatic rings. The van der Waals surface area contributed by atoms with Crippen molar-refractivity contribution in [2.75, 3.05) is 20.1 Å². The van der Waals surface area contributed by atoms with Crippen molar-refractivity contribution < 1.29 is 4.79 Å². The van der Waals surface area contributed by atoms with E-state index < -0.39 is 0 Å². The number of aromatic nitrogens is 2. The van der Waals surface area contributed by atoms with Crippen molar-refractivity contribution in [3.05, 3.63) is 48.3 Å². The van der Waals surface area contributed by atoms with Crippen molar-refractivity contribution in [2.45, 2.75) is 25.3 Å². The van der Waals surface area contributed by atoms with E-state index in [4.69, 9.17) is 0 Å². The normalized spacial score (nSPS) is 18.4. The van der Waals surface area contributed by atoms with E-state index in [1.807, 2.05) is 53.2 Å². The summed E-state index contributed by atoms with van der Waals surface area (Å²) in [7, 11) is 1.96. The van der Waals surface area contributed by atoms with E-state index in [1.165, 1.54) is 0 Å². The minimum Gasteiger partial charge on any atom is -0.341 e. The Kier molecular flexibility index (Phi) is 4.53. The van der Waals surface area contributed by atoms with Crippen molar-refractivity contribution in [2.24, 2.45) is 0 Å². The topological polar surface area (TPSA) is 50.2 Å². The summed E-state index contributed by atoms with van der Waals surface area (Å²) in [5.41, 5.74) is 2.06. The molecule has 5 heteroatoms. The summed E-state index contributed by atoms with van der Waals surface area (Å²) in [5, 5.41) is 7.47. The molecule has 1 aromatic carbocycles. The quantitative estimate of drug-likeness (QED) is 0.933. The molecule has 0 saturated carbocycles. The fourth-order valence-corrected chi connectivity index (χ4v) is 2.91. The van der Waals surface area contributed by atoms with Gasteiger partial charge < -0.3 is 10.2 Å². The first-order valence-electron chi connectivity index (χ1n) is 7.80. The zero-order chi connectivity index (χ0) is 15.4. The Bertz CT molecular complexity index is 606. The maximum atomic E-state index is 12.4. The number of benzene rings is 1. The summed E-state index contributed by atoms with van der Waals surface area (Å²) in [6, 6.07) is 10.3. The van der Waals surface area contributed by atoms with Crippen LogP contribution in [0.1, 0.15) is 18.4 Å². The smallest absolute Gasteiger partial charge is 0.227 e. The predicted octanol–water partition coefficient (Wildman–Crippen LogP) is 1.63. The van der Waals surface area contributed by atoms with Gasteiger partial charge in [0.15, 0.2) is 0 Å². The maximum absolute atomic E-state index is 12.4. The fraction of sp³-hybridized carbons (Fsp3) is 0.412. The number of hydrogen-bond donors (Lipinski definition) is 1. The lowest BCUT2D eigenvalue weighted by Gasteiger charge is -2.32. The molecule has 1 atom stereocenters. The fourth-order valence-electron chi connectivity index (χ4n) is 2.91. The Morgan fingerprint density at radius 2 is 2.18 bits per heavy atom. The molecule has 1 aromatic heterocycles. The largest absolute Gasteiger partial charge is 0.341 e. The zero-order valence-electron chi connectivity index (χ0n) is 12.9. The van der Waals surface area contributed by atoms with Gasteiger partial charge in [0.25, 0.3) is 0 Å². The van der Waals surface area contributed by atoms with Crippen LogP contribution < -0.4 is 5.32 Å². The maximum Gasteiger partial charge on any atom is 0.227 e. The molecule has 3 rings (SSSR count). The van der Waals surface area contributed by atoms with Gasteiger partial charge in [0.05, 0.1) is 12.1 Å². The van der Waals surface area contributed by atoms with Crippen LogP contribution in [0.15, 0.2) is 42.7 Å². The van der Waals surface area contributed by atoms with Gasteiger partial charge in [0.1, 0.15) is 0 Å². The SMILES string of the molecule is CNC1CCCN(C(=O)Cc2ccc(-n3cccn3)cc2)C1. The first-order chi connectivity index (χ1) is 10.8. The predicted molar refractivity (Wildman–Crippen MR) is 85.9 cm³/mol. The van der Waals surface area contributed by atoms with Gasteiger partial charge in [-0.25, -0.2) is 4.68 Å². The van der Waals surface area contributed by atoms with Crippen LogP contribution in [0.25, 0.3) is 5.69 Å². The lowest BCUT2D eigenvalue weighted by Crippen LogP contribution is -2.47. The number of carbonyl (C=O) groups is 1. The summed E-state index contributed by atoms with van der Waals surface area (Å²) in [4.78, 5) is 14.4. The number of nitrogens with zero attached hydrogens (tertiary/aromatic N) is 3. The van der Waals surface area contributed by atoms with E-state index in [-0.39, 0.29) is 5.91 Å². The van der Waals surface area contributed by atoms with E-state index in [1.54, 1.807) is 6.20 Å². The molecule has 1 amide bonds. The third-order valence-corrected chi connectivity index (χ3v) is 4.24. The lowest BCUT2D eigenvalue weighted by molar-refractivity contribution is -0.131. The zero-order valence-corrected chi connectivity index (χ0v) is 12.9. The number of rotatable bonds is 4. The van der Waals surface area contributed by atoms with Gasteiger partial charge in [-0.05, 0) is 43.7 Å². The molecule has 116 valence electrons. The van der Waals surface area contributed by atoms with Gasteiger partial charge in [-0.15, -0.1) is 0 Å². The average molecular weight is 298 g/mol. The summed E-state index contributed by atoms with van der Waals surface area (Å²) >= 11 is 0. The molecule has 1 saturated heterocycles. The molecule has 2 aromatic rings. The van der Waals surface area contributed by atoms with E-state index in [2.05, 4.69) is 10.4 Å². The van der Waals surface area contributed by atoms with E-state index in [0.29, 0.717) is 12.5 Å². The van der Waals surface area contributed by atoms with Crippen molar-refractivity contribution >= 4 is 5.91 Å². The van der Waals surface area contributed by atoms with Crippen molar-refractivity contribution in [1.82, 2.24) is 20.0 Å². The van der Waals surface area contributed by atoms with E-state index >= 15 is 0 Å². The van der Waals surface area contributed by atoms with Gasteiger partial charge in [-0.3, -0.25) is 4.79 Å². The summed E-state index contributed by atoms with van der Waals surface area (Å²) in [5.74, 6) is 0.215. The Hall–Kier alpha value is -2.14. The molecule has 0 radical (unpaired) electrons. The first kappa shape index (κ1) is 14.8. The second kappa shape index (κ2) is 6.75. The number of nitrogens with one attached hydrogen (secondary N) is 1. The highest BCUT2D eigenvalue weighted by molar-refractivity contribution is 5.79. The average Bonchev–Trinajstić information content (AvgIpc) is 3.10. The van der Waals surface area contributed by atoms with Gasteiger partial charge in [-0.2, -0.15) is 5.10 Å². The molecule has 1 N–H and O–H groups in total. The third kappa shape index (κ3) is 3.36. The highest BCUT2D eigenvalue weighted by Gasteiger charge is 2.22. The number of likely N-dealkylation sites (tertiary alicyclic amines) is 1. The Morgan fingerprint density at radius 1 is 1.36 bits per heavy atom. The first-order valence-corrected chi connectivity index (χ1v) is 7.80. The summed E-state index contributed by atoms with van der Waals surface area (Å²) in [6.07, 6.45) is 6.36. The van der Waals surface area contributed by atoms with Gasteiger partial charge in [0, 0.05) is 31.5 Å². The molecular formula is C17H22N4O. The van der Waals surface area contributed by atoms with Crippen LogP contribution in [-0.4, -0.2) is 46.8 Å². The van der Waals surface area contributed by atoms with Crippen LogP contribution in [0.5, 0.6) is 0 Å². The van der Waals surface area contributed by atoms with Gasteiger partial charge >= 0.3 is 0 Å². The summed E-state index contributed by atoms with van der Waals surface area (Å²) < 4.78 is 1.81. The van der Waals surface area contributed by atoms with Crippen molar-refractivity contribution in [3.63, 3.8) is 0 Å².